The van der Waals surface area contributed by atoms with Gasteiger partial charge in [-0.2, -0.15) is 8.39 Å². The lowest BCUT2D eigenvalue weighted by Crippen LogP contribution is -1.66. The van der Waals surface area contributed by atoms with Gasteiger partial charge < -0.3 is 0 Å². The average molecular weight is 198 g/mol. The molecule has 0 spiro atoms. The van der Waals surface area contributed by atoms with Gasteiger partial charge in [-0.15, -0.1) is 0 Å². The van der Waals surface area contributed by atoms with E-state index in [4.69, 9.17) is 0 Å². The molecule has 0 aromatic rings. The van der Waals surface area contributed by atoms with Crippen LogP contribution in [-0.2, 0) is 0 Å². The summed E-state index contributed by atoms with van der Waals surface area (Å²) in [7, 11) is -2.60. The van der Waals surface area contributed by atoms with E-state index in [1.54, 1.807) is 6.92 Å². The van der Waals surface area contributed by atoms with Gasteiger partial charge in [0.25, 0.3) is 8.54 Å². The highest BCUT2D eigenvalue weighted by molar-refractivity contribution is 7.46. The highest BCUT2D eigenvalue weighted by atomic mass is 31.2. The predicted octanol–water partition coefficient (Wildman–Crippen LogP) is 5.23. The second-order valence-corrected chi connectivity index (χ2v) is 3.79. The summed E-state index contributed by atoms with van der Waals surface area (Å²) in [4.78, 5) is 0. The number of rotatable bonds is 5. The monoisotopic (exact) mass is 198 g/mol. The molecule has 0 bridgehead atoms. The molecule has 0 aliphatic carbocycles. The molecule has 0 rings (SSSR count). The normalized spacial score (nSPS) is 9.50. The summed E-state index contributed by atoms with van der Waals surface area (Å²) in [5.74, 6) is 0. The van der Waals surface area contributed by atoms with E-state index in [9.17, 15) is 8.39 Å². The third-order valence-electron chi connectivity index (χ3n) is 1.35. The molecule has 0 N–H and O–H groups in total. The molecular formula is C9H21F2P. The minimum Gasteiger partial charge on any atom is -0.189 e. The molecule has 12 heavy (non-hydrogen) atoms. The van der Waals surface area contributed by atoms with E-state index in [1.807, 2.05) is 0 Å². The smallest absolute Gasteiger partial charge is 0.189 e. The van der Waals surface area contributed by atoms with Crippen molar-refractivity contribution in [1.82, 2.24) is 0 Å². The summed E-state index contributed by atoms with van der Waals surface area (Å²) >= 11 is 0. The van der Waals surface area contributed by atoms with Crippen LogP contribution in [0.25, 0.3) is 0 Å². The Kier molecular flexibility index (Phi) is 17.1. The van der Waals surface area contributed by atoms with Crippen LogP contribution in [0.15, 0.2) is 0 Å². The first-order chi connectivity index (χ1) is 5.68. The van der Waals surface area contributed by atoms with Gasteiger partial charge in [0.2, 0.25) is 0 Å². The van der Waals surface area contributed by atoms with Crippen LogP contribution in [0, 0.1) is 0 Å². The van der Waals surface area contributed by atoms with Gasteiger partial charge >= 0.3 is 0 Å². The molecular weight excluding hydrogens is 177 g/mol. The second-order valence-electron chi connectivity index (χ2n) is 2.73. The summed E-state index contributed by atoms with van der Waals surface area (Å²) in [5, 5.41) is 0. The van der Waals surface area contributed by atoms with Crippen molar-refractivity contribution >= 4 is 8.54 Å². The highest BCUT2D eigenvalue weighted by Crippen LogP contribution is 2.38. The van der Waals surface area contributed by atoms with E-state index in [0.29, 0.717) is 6.42 Å². The number of hydrogen-bond acceptors (Lipinski definition) is 0. The molecule has 0 nitrogen and oxygen atoms in total. The molecule has 0 aromatic carbocycles. The van der Waals surface area contributed by atoms with Crippen LogP contribution in [0.4, 0.5) is 8.39 Å². The van der Waals surface area contributed by atoms with E-state index in [-0.39, 0.29) is 6.16 Å². The fourth-order valence-corrected chi connectivity index (χ4v) is 1.01. The number of hydrogen-bond donors (Lipinski definition) is 0. The molecule has 0 heterocycles. The summed E-state index contributed by atoms with van der Waals surface area (Å²) in [6.07, 6.45) is 6.25. The Morgan fingerprint density at radius 3 is 1.33 bits per heavy atom. The van der Waals surface area contributed by atoms with Crippen LogP contribution in [0.3, 0.4) is 0 Å². The Balaban J connectivity index is 0. The van der Waals surface area contributed by atoms with Crippen LogP contribution >= 0.6 is 8.54 Å². The molecule has 0 saturated carbocycles. The molecule has 0 fully saturated rings. The Bertz CT molecular complexity index is 63.5. The minimum atomic E-state index is -2.60. The molecule has 0 aliphatic rings. The van der Waals surface area contributed by atoms with Gasteiger partial charge in [0, 0.05) is 6.16 Å². The molecule has 0 aromatic heterocycles. The third-order valence-corrected chi connectivity index (χ3v) is 2.14. The number of unbranched alkanes of at least 4 members (excludes halogenated alkanes) is 3. The van der Waals surface area contributed by atoms with Gasteiger partial charge in [-0.3, -0.25) is 0 Å². The van der Waals surface area contributed by atoms with Gasteiger partial charge in [0.05, 0.1) is 0 Å². The van der Waals surface area contributed by atoms with Crippen molar-refractivity contribution in [2.24, 2.45) is 0 Å². The molecule has 0 amide bonds. The Morgan fingerprint density at radius 1 is 0.833 bits per heavy atom. The summed E-state index contributed by atoms with van der Waals surface area (Å²) in [6, 6.07) is 0. The summed E-state index contributed by atoms with van der Waals surface area (Å²) < 4.78 is 22.2. The van der Waals surface area contributed by atoms with Gasteiger partial charge in [-0.25, -0.2) is 0 Å². The second kappa shape index (κ2) is 13.9. The van der Waals surface area contributed by atoms with Crippen molar-refractivity contribution in [3.8, 4) is 0 Å². The standard InChI is InChI=1S/C6H14.C3H7F2P/c1-3-5-6-4-2;1-2-3-6(4)5/h3-6H2,1-2H3;2-3H2,1H3. The fourth-order valence-electron chi connectivity index (χ4n) is 0.669. The molecule has 0 aliphatic heterocycles. The molecule has 3 heteroatoms. The van der Waals surface area contributed by atoms with E-state index < -0.39 is 8.54 Å². The summed E-state index contributed by atoms with van der Waals surface area (Å²) in [6.45, 7) is 6.22. The lowest BCUT2D eigenvalue weighted by Gasteiger charge is -1.86. The van der Waals surface area contributed by atoms with Crippen molar-refractivity contribution < 1.29 is 8.39 Å². The molecule has 0 atom stereocenters. The van der Waals surface area contributed by atoms with Crippen LogP contribution < -0.4 is 0 Å². The number of halogens is 2. The van der Waals surface area contributed by atoms with E-state index >= 15 is 0 Å². The van der Waals surface area contributed by atoms with E-state index in [1.165, 1.54) is 25.7 Å². The van der Waals surface area contributed by atoms with Crippen molar-refractivity contribution in [3.63, 3.8) is 0 Å². The average Bonchev–Trinajstić information content (AvgIpc) is 2.02. The van der Waals surface area contributed by atoms with Crippen LogP contribution in [0.5, 0.6) is 0 Å². The molecule has 0 radical (unpaired) electrons. The quantitative estimate of drug-likeness (QED) is 0.419. The van der Waals surface area contributed by atoms with Gasteiger partial charge in [-0.1, -0.05) is 46.5 Å². The van der Waals surface area contributed by atoms with E-state index in [2.05, 4.69) is 13.8 Å². The lowest BCUT2D eigenvalue weighted by atomic mass is 10.2. The molecule has 0 unspecified atom stereocenters. The van der Waals surface area contributed by atoms with Crippen LogP contribution in [-0.4, -0.2) is 6.16 Å². The maximum absolute atomic E-state index is 11.1. The van der Waals surface area contributed by atoms with Gasteiger partial charge in [-0.05, 0) is 6.42 Å². The highest BCUT2D eigenvalue weighted by Gasteiger charge is 1.97. The van der Waals surface area contributed by atoms with Gasteiger partial charge in [0.15, 0.2) is 0 Å². The van der Waals surface area contributed by atoms with Crippen molar-refractivity contribution in [3.05, 3.63) is 0 Å². The SMILES string of the molecule is CCCCCC.CCCP(F)F. The zero-order valence-corrected chi connectivity index (χ0v) is 9.34. The first-order valence-corrected chi connectivity index (χ1v) is 6.08. The molecule has 0 saturated heterocycles. The minimum absolute atomic E-state index is 0.106. The Hall–Kier alpha value is 0.290. The Labute approximate surface area is 76.7 Å². The van der Waals surface area contributed by atoms with Crippen LogP contribution in [0.1, 0.15) is 52.9 Å². The Morgan fingerprint density at radius 2 is 1.25 bits per heavy atom. The fraction of sp³-hybridized carbons (Fsp3) is 1.00. The maximum atomic E-state index is 11.1. The van der Waals surface area contributed by atoms with Crippen LogP contribution in [0.2, 0.25) is 0 Å². The van der Waals surface area contributed by atoms with E-state index in [0.717, 1.165) is 0 Å². The van der Waals surface area contributed by atoms with Crippen molar-refractivity contribution in [2.75, 3.05) is 6.16 Å². The predicted molar refractivity (Wildman–Crippen MR) is 54.1 cm³/mol. The molecule has 76 valence electrons. The van der Waals surface area contributed by atoms with Crippen molar-refractivity contribution in [1.29, 1.82) is 0 Å². The topological polar surface area (TPSA) is 0 Å². The summed E-state index contributed by atoms with van der Waals surface area (Å²) in [5.41, 5.74) is 0. The van der Waals surface area contributed by atoms with Gasteiger partial charge in [0.1, 0.15) is 0 Å². The third kappa shape index (κ3) is 22.4. The maximum Gasteiger partial charge on any atom is 0.266 e. The lowest BCUT2D eigenvalue weighted by molar-refractivity contribution is 0.702. The first kappa shape index (κ1) is 14.8. The zero-order chi connectivity index (χ0) is 9.82. The first-order valence-electron chi connectivity index (χ1n) is 4.78. The van der Waals surface area contributed by atoms with Crippen molar-refractivity contribution in [2.45, 2.75) is 52.9 Å². The zero-order valence-electron chi connectivity index (χ0n) is 8.45. The largest absolute Gasteiger partial charge is 0.266 e.